The standard InChI is InChI=1S/C18H16F2N2O2/c1-9-7-11(19)3-5-13(9)15(17(21)23)16(18(22)24)14-6-4-12(20)8-10(14)2/h3-8H,1-2H3,(H2,21,23)(H2,22,24)/b16-15-. The molecule has 0 unspecified atom stereocenters. The van der Waals surface area contributed by atoms with E-state index in [1.165, 1.54) is 24.3 Å². The summed E-state index contributed by atoms with van der Waals surface area (Å²) >= 11 is 0. The molecule has 0 atom stereocenters. The van der Waals surface area contributed by atoms with Gasteiger partial charge in [0.05, 0.1) is 11.1 Å². The largest absolute Gasteiger partial charge is 0.366 e. The van der Waals surface area contributed by atoms with E-state index >= 15 is 0 Å². The van der Waals surface area contributed by atoms with Crippen molar-refractivity contribution in [3.8, 4) is 0 Å². The van der Waals surface area contributed by atoms with Crippen molar-refractivity contribution >= 4 is 23.0 Å². The van der Waals surface area contributed by atoms with Gasteiger partial charge >= 0.3 is 0 Å². The van der Waals surface area contributed by atoms with Gasteiger partial charge in [0.25, 0.3) is 0 Å². The minimum absolute atomic E-state index is 0.130. The van der Waals surface area contributed by atoms with Crippen molar-refractivity contribution in [2.24, 2.45) is 11.5 Å². The Balaban J connectivity index is 2.87. The molecule has 0 aliphatic rings. The summed E-state index contributed by atoms with van der Waals surface area (Å²) in [6, 6.07) is 7.45. The summed E-state index contributed by atoms with van der Waals surface area (Å²) in [7, 11) is 0. The predicted molar refractivity (Wildman–Crippen MR) is 87.5 cm³/mol. The second-order valence-corrected chi connectivity index (χ2v) is 5.40. The van der Waals surface area contributed by atoms with Gasteiger partial charge in [0.1, 0.15) is 11.6 Å². The number of carbonyl (C=O) groups is 2. The third-order valence-corrected chi connectivity index (χ3v) is 3.66. The lowest BCUT2D eigenvalue weighted by Crippen LogP contribution is -2.22. The summed E-state index contributed by atoms with van der Waals surface area (Å²) in [4.78, 5) is 24.0. The van der Waals surface area contributed by atoms with E-state index < -0.39 is 23.4 Å². The molecule has 0 fully saturated rings. The summed E-state index contributed by atoms with van der Waals surface area (Å²) in [5, 5.41) is 0. The van der Waals surface area contributed by atoms with Crippen LogP contribution in [-0.2, 0) is 9.59 Å². The minimum Gasteiger partial charge on any atom is -0.366 e. The van der Waals surface area contributed by atoms with Crippen LogP contribution >= 0.6 is 0 Å². The molecule has 0 saturated heterocycles. The molecule has 2 rings (SSSR count). The summed E-state index contributed by atoms with van der Waals surface area (Å²) < 4.78 is 26.7. The van der Waals surface area contributed by atoms with E-state index in [1.807, 2.05) is 0 Å². The minimum atomic E-state index is -0.887. The zero-order valence-corrected chi connectivity index (χ0v) is 13.2. The Morgan fingerprint density at radius 2 is 1.08 bits per heavy atom. The van der Waals surface area contributed by atoms with E-state index in [0.717, 1.165) is 12.1 Å². The first kappa shape index (κ1) is 17.3. The molecule has 2 aromatic carbocycles. The van der Waals surface area contributed by atoms with Crippen molar-refractivity contribution in [3.05, 3.63) is 70.3 Å². The van der Waals surface area contributed by atoms with Crippen LogP contribution in [0.3, 0.4) is 0 Å². The molecule has 124 valence electrons. The molecule has 0 saturated carbocycles. The SMILES string of the molecule is Cc1cc(F)ccc1/C(C(N)=O)=C(/C(N)=O)c1ccc(F)cc1C. The Kier molecular flexibility index (Phi) is 4.78. The molecule has 0 aliphatic carbocycles. The monoisotopic (exact) mass is 330 g/mol. The summed E-state index contributed by atoms with van der Waals surface area (Å²) in [6.07, 6.45) is 0. The number of halogens is 2. The van der Waals surface area contributed by atoms with Crippen LogP contribution in [0.5, 0.6) is 0 Å². The van der Waals surface area contributed by atoms with E-state index in [1.54, 1.807) is 13.8 Å². The van der Waals surface area contributed by atoms with Gasteiger partial charge < -0.3 is 11.5 Å². The van der Waals surface area contributed by atoms with Gasteiger partial charge in [-0.3, -0.25) is 9.59 Å². The molecule has 6 heteroatoms. The van der Waals surface area contributed by atoms with Crippen molar-refractivity contribution in [3.63, 3.8) is 0 Å². The van der Waals surface area contributed by atoms with Crippen LogP contribution in [0.4, 0.5) is 8.78 Å². The lowest BCUT2D eigenvalue weighted by atomic mass is 9.89. The number of benzene rings is 2. The number of hydrogen-bond acceptors (Lipinski definition) is 2. The average molecular weight is 330 g/mol. The summed E-state index contributed by atoms with van der Waals surface area (Å²) in [5.41, 5.74) is 12.1. The molecular weight excluding hydrogens is 314 g/mol. The zero-order chi connectivity index (χ0) is 18.0. The molecule has 2 aromatic rings. The molecule has 0 heterocycles. The Morgan fingerprint density at radius 3 is 1.33 bits per heavy atom. The first-order valence-electron chi connectivity index (χ1n) is 7.09. The first-order chi connectivity index (χ1) is 11.2. The van der Waals surface area contributed by atoms with Gasteiger partial charge in [0.15, 0.2) is 0 Å². The molecule has 0 spiro atoms. The maximum Gasteiger partial charge on any atom is 0.250 e. The molecule has 2 amide bonds. The van der Waals surface area contributed by atoms with E-state index in [9.17, 15) is 18.4 Å². The van der Waals surface area contributed by atoms with Gasteiger partial charge in [0.2, 0.25) is 11.8 Å². The highest BCUT2D eigenvalue weighted by Crippen LogP contribution is 2.30. The summed E-state index contributed by atoms with van der Waals surface area (Å²) in [5.74, 6) is -2.75. The Morgan fingerprint density at radius 1 is 0.750 bits per heavy atom. The maximum atomic E-state index is 13.3. The third-order valence-electron chi connectivity index (χ3n) is 3.66. The van der Waals surface area contributed by atoms with Crippen LogP contribution in [0.15, 0.2) is 36.4 Å². The van der Waals surface area contributed by atoms with Crippen LogP contribution < -0.4 is 11.5 Å². The fourth-order valence-electron chi connectivity index (χ4n) is 2.60. The number of primary amides is 2. The molecule has 0 aliphatic heterocycles. The highest BCUT2D eigenvalue weighted by Gasteiger charge is 2.23. The number of nitrogens with two attached hydrogens (primary N) is 2. The molecule has 0 radical (unpaired) electrons. The highest BCUT2D eigenvalue weighted by atomic mass is 19.1. The van der Waals surface area contributed by atoms with E-state index in [4.69, 9.17) is 11.5 Å². The number of amides is 2. The van der Waals surface area contributed by atoms with Gasteiger partial charge in [-0.1, -0.05) is 12.1 Å². The molecule has 0 bridgehead atoms. The number of aryl methyl sites for hydroxylation is 2. The zero-order valence-electron chi connectivity index (χ0n) is 13.2. The Bertz CT molecular complexity index is 802. The fraction of sp³-hybridized carbons (Fsp3) is 0.111. The van der Waals surface area contributed by atoms with Crippen molar-refractivity contribution in [1.82, 2.24) is 0 Å². The van der Waals surface area contributed by atoms with Gasteiger partial charge in [-0.25, -0.2) is 8.78 Å². The second kappa shape index (κ2) is 6.62. The fourth-order valence-corrected chi connectivity index (χ4v) is 2.60. The third kappa shape index (κ3) is 3.32. The van der Waals surface area contributed by atoms with Crippen molar-refractivity contribution in [1.29, 1.82) is 0 Å². The van der Waals surface area contributed by atoms with Gasteiger partial charge in [-0.2, -0.15) is 0 Å². The normalized spacial score (nSPS) is 11.8. The molecular formula is C18H16F2N2O2. The van der Waals surface area contributed by atoms with Crippen LogP contribution in [0.25, 0.3) is 11.1 Å². The lowest BCUT2D eigenvalue weighted by Gasteiger charge is -2.15. The van der Waals surface area contributed by atoms with Crippen LogP contribution in [-0.4, -0.2) is 11.8 Å². The molecule has 4 nitrogen and oxygen atoms in total. The van der Waals surface area contributed by atoms with Crippen molar-refractivity contribution in [2.75, 3.05) is 0 Å². The van der Waals surface area contributed by atoms with Crippen molar-refractivity contribution in [2.45, 2.75) is 13.8 Å². The van der Waals surface area contributed by atoms with E-state index in [0.29, 0.717) is 22.3 Å². The number of rotatable bonds is 4. The van der Waals surface area contributed by atoms with E-state index in [-0.39, 0.29) is 11.1 Å². The Hall–Kier alpha value is -3.02. The van der Waals surface area contributed by atoms with Crippen LogP contribution in [0, 0.1) is 25.5 Å². The maximum absolute atomic E-state index is 13.3. The Labute approximate surface area is 137 Å². The summed E-state index contributed by atoms with van der Waals surface area (Å²) in [6.45, 7) is 3.16. The van der Waals surface area contributed by atoms with Crippen LogP contribution in [0.2, 0.25) is 0 Å². The first-order valence-corrected chi connectivity index (χ1v) is 7.09. The van der Waals surface area contributed by atoms with Gasteiger partial charge in [-0.05, 0) is 60.4 Å². The molecule has 24 heavy (non-hydrogen) atoms. The highest BCUT2D eigenvalue weighted by molar-refractivity contribution is 6.39. The molecule has 4 N–H and O–H groups in total. The molecule has 0 aromatic heterocycles. The average Bonchev–Trinajstić information content (AvgIpc) is 2.46. The quantitative estimate of drug-likeness (QED) is 0.666. The van der Waals surface area contributed by atoms with Crippen molar-refractivity contribution < 1.29 is 18.4 Å². The van der Waals surface area contributed by atoms with E-state index in [2.05, 4.69) is 0 Å². The van der Waals surface area contributed by atoms with Crippen LogP contribution in [0.1, 0.15) is 22.3 Å². The number of carbonyl (C=O) groups excluding carboxylic acids is 2. The van der Waals surface area contributed by atoms with Gasteiger partial charge in [0, 0.05) is 0 Å². The lowest BCUT2D eigenvalue weighted by molar-refractivity contribution is -0.114. The van der Waals surface area contributed by atoms with Gasteiger partial charge in [-0.15, -0.1) is 0 Å². The predicted octanol–water partition coefficient (Wildman–Crippen LogP) is 2.46. The smallest absolute Gasteiger partial charge is 0.250 e. The topological polar surface area (TPSA) is 86.2 Å². The second-order valence-electron chi connectivity index (χ2n) is 5.40. The number of hydrogen-bond donors (Lipinski definition) is 2.